The predicted molar refractivity (Wildman–Crippen MR) is 87.2 cm³/mol. The van der Waals surface area contributed by atoms with Crippen molar-refractivity contribution in [2.75, 3.05) is 0 Å². The summed E-state index contributed by atoms with van der Waals surface area (Å²) in [5.74, 6) is 0. The van der Waals surface area contributed by atoms with Gasteiger partial charge in [-0.05, 0) is 37.3 Å². The third kappa shape index (κ3) is 3.35. The predicted octanol–water partition coefficient (Wildman–Crippen LogP) is 3.60. The largest absolute Gasteiger partial charge is 0.310 e. The Morgan fingerprint density at radius 3 is 2.81 bits per heavy atom. The van der Waals surface area contributed by atoms with Crippen LogP contribution in [-0.4, -0.2) is 15.8 Å². The lowest BCUT2D eigenvalue weighted by molar-refractivity contribution is 0.688. The molecule has 0 unspecified atom stereocenters. The second-order valence-corrected chi connectivity index (χ2v) is 6.23. The molecule has 3 heteroatoms. The Bertz CT molecular complexity index is 623. The SMILES string of the molecule is CCCc1nn(C)cc1-c1cc(C)ccc1CNC1CC1. The van der Waals surface area contributed by atoms with Crippen LogP contribution in [0, 0.1) is 6.92 Å². The van der Waals surface area contributed by atoms with Gasteiger partial charge in [-0.1, -0.05) is 37.1 Å². The van der Waals surface area contributed by atoms with Gasteiger partial charge in [-0.25, -0.2) is 0 Å². The number of rotatable bonds is 6. The summed E-state index contributed by atoms with van der Waals surface area (Å²) in [6.45, 7) is 5.34. The molecule has 21 heavy (non-hydrogen) atoms. The van der Waals surface area contributed by atoms with Crippen molar-refractivity contribution in [3.8, 4) is 11.1 Å². The Balaban J connectivity index is 1.96. The molecule has 0 bridgehead atoms. The van der Waals surface area contributed by atoms with E-state index in [9.17, 15) is 0 Å². The Kier molecular flexibility index (Phi) is 4.11. The van der Waals surface area contributed by atoms with Gasteiger partial charge in [0.2, 0.25) is 0 Å². The van der Waals surface area contributed by atoms with Crippen molar-refractivity contribution in [2.45, 2.75) is 52.1 Å². The minimum absolute atomic E-state index is 0.739. The Hall–Kier alpha value is -1.61. The maximum Gasteiger partial charge on any atom is 0.0702 e. The number of nitrogens with zero attached hydrogens (tertiary/aromatic N) is 2. The highest BCUT2D eigenvalue weighted by molar-refractivity contribution is 5.70. The Morgan fingerprint density at radius 2 is 2.10 bits per heavy atom. The van der Waals surface area contributed by atoms with Gasteiger partial charge in [-0.2, -0.15) is 5.10 Å². The second kappa shape index (κ2) is 6.02. The van der Waals surface area contributed by atoms with Crippen molar-refractivity contribution in [3.63, 3.8) is 0 Å². The molecule has 0 aliphatic heterocycles. The molecule has 1 aromatic heterocycles. The minimum Gasteiger partial charge on any atom is -0.310 e. The number of aryl methyl sites for hydroxylation is 3. The lowest BCUT2D eigenvalue weighted by Crippen LogP contribution is -2.16. The zero-order chi connectivity index (χ0) is 14.8. The van der Waals surface area contributed by atoms with Crippen molar-refractivity contribution < 1.29 is 0 Å². The van der Waals surface area contributed by atoms with Crippen molar-refractivity contribution in [1.29, 1.82) is 0 Å². The van der Waals surface area contributed by atoms with Gasteiger partial charge in [0.1, 0.15) is 0 Å². The lowest BCUT2D eigenvalue weighted by Gasteiger charge is -2.12. The minimum atomic E-state index is 0.739. The first-order chi connectivity index (χ1) is 10.2. The molecule has 1 N–H and O–H groups in total. The molecule has 2 aromatic rings. The van der Waals surface area contributed by atoms with Gasteiger partial charge in [0.25, 0.3) is 0 Å². The summed E-state index contributed by atoms with van der Waals surface area (Å²) in [5.41, 5.74) is 6.57. The fraction of sp³-hybridized carbons (Fsp3) is 0.500. The van der Waals surface area contributed by atoms with Crippen molar-refractivity contribution >= 4 is 0 Å². The molecule has 1 aliphatic rings. The van der Waals surface area contributed by atoms with Crippen LogP contribution in [-0.2, 0) is 20.0 Å². The molecule has 3 rings (SSSR count). The molecule has 0 amide bonds. The van der Waals surface area contributed by atoms with E-state index in [0.29, 0.717) is 0 Å². The van der Waals surface area contributed by atoms with Crippen LogP contribution in [0.4, 0.5) is 0 Å². The molecular formula is C18H25N3. The van der Waals surface area contributed by atoms with Crippen LogP contribution in [0.3, 0.4) is 0 Å². The first-order valence-corrected chi connectivity index (χ1v) is 8.03. The number of aromatic nitrogens is 2. The van der Waals surface area contributed by atoms with E-state index in [2.05, 4.69) is 48.7 Å². The van der Waals surface area contributed by atoms with Gasteiger partial charge < -0.3 is 5.32 Å². The molecule has 1 saturated carbocycles. The van der Waals surface area contributed by atoms with E-state index in [4.69, 9.17) is 0 Å². The van der Waals surface area contributed by atoms with Gasteiger partial charge in [-0.3, -0.25) is 4.68 Å². The van der Waals surface area contributed by atoms with Crippen molar-refractivity contribution in [1.82, 2.24) is 15.1 Å². The van der Waals surface area contributed by atoms with Crippen LogP contribution in [0.5, 0.6) is 0 Å². The highest BCUT2D eigenvalue weighted by Gasteiger charge is 2.21. The highest BCUT2D eigenvalue weighted by Crippen LogP contribution is 2.29. The number of hydrogen-bond acceptors (Lipinski definition) is 2. The summed E-state index contributed by atoms with van der Waals surface area (Å²) in [5, 5.41) is 8.28. The average Bonchev–Trinajstić information content (AvgIpc) is 3.21. The summed E-state index contributed by atoms with van der Waals surface area (Å²) in [6.07, 6.45) is 7.00. The standard InChI is InChI=1S/C18H25N3/c1-4-5-18-17(12-21(3)20-18)16-10-13(2)6-7-14(16)11-19-15-8-9-15/h6-7,10,12,15,19H,4-5,8-9,11H2,1-3H3. The van der Waals surface area contributed by atoms with E-state index < -0.39 is 0 Å². The maximum absolute atomic E-state index is 4.65. The van der Waals surface area contributed by atoms with Crippen LogP contribution in [0.2, 0.25) is 0 Å². The Morgan fingerprint density at radius 1 is 1.29 bits per heavy atom. The van der Waals surface area contributed by atoms with E-state index >= 15 is 0 Å². The summed E-state index contributed by atoms with van der Waals surface area (Å²) in [6, 6.07) is 7.52. The fourth-order valence-corrected chi connectivity index (χ4v) is 2.82. The van der Waals surface area contributed by atoms with Crippen LogP contribution in [0.1, 0.15) is 43.0 Å². The molecule has 0 atom stereocenters. The quantitative estimate of drug-likeness (QED) is 0.878. The second-order valence-electron chi connectivity index (χ2n) is 6.23. The molecule has 1 aromatic carbocycles. The van der Waals surface area contributed by atoms with Crippen LogP contribution in [0.25, 0.3) is 11.1 Å². The van der Waals surface area contributed by atoms with Crippen LogP contribution in [0.15, 0.2) is 24.4 Å². The molecule has 112 valence electrons. The van der Waals surface area contributed by atoms with E-state index in [1.165, 1.54) is 40.8 Å². The van der Waals surface area contributed by atoms with Gasteiger partial charge >= 0.3 is 0 Å². The first kappa shape index (κ1) is 14.3. The first-order valence-electron chi connectivity index (χ1n) is 8.03. The molecule has 0 radical (unpaired) electrons. The Labute approximate surface area is 127 Å². The molecule has 3 nitrogen and oxygen atoms in total. The summed E-state index contributed by atoms with van der Waals surface area (Å²) in [4.78, 5) is 0. The molecule has 1 aliphatic carbocycles. The highest BCUT2D eigenvalue weighted by atomic mass is 15.2. The maximum atomic E-state index is 4.65. The summed E-state index contributed by atoms with van der Waals surface area (Å²) >= 11 is 0. The zero-order valence-electron chi connectivity index (χ0n) is 13.3. The molecule has 0 spiro atoms. The normalized spacial score (nSPS) is 14.6. The number of benzene rings is 1. The van der Waals surface area contributed by atoms with Crippen LogP contribution < -0.4 is 5.32 Å². The van der Waals surface area contributed by atoms with Gasteiger partial charge in [0.15, 0.2) is 0 Å². The third-order valence-electron chi connectivity index (χ3n) is 4.11. The molecule has 1 fully saturated rings. The van der Waals surface area contributed by atoms with E-state index in [0.717, 1.165) is 25.4 Å². The number of nitrogens with one attached hydrogen (secondary N) is 1. The smallest absolute Gasteiger partial charge is 0.0702 e. The average molecular weight is 283 g/mol. The summed E-state index contributed by atoms with van der Waals surface area (Å²) in [7, 11) is 2.01. The van der Waals surface area contributed by atoms with Gasteiger partial charge in [0, 0.05) is 31.4 Å². The van der Waals surface area contributed by atoms with E-state index in [1.54, 1.807) is 0 Å². The van der Waals surface area contributed by atoms with Crippen molar-refractivity contribution in [2.24, 2.45) is 7.05 Å². The monoisotopic (exact) mass is 283 g/mol. The topological polar surface area (TPSA) is 29.9 Å². The third-order valence-corrected chi connectivity index (χ3v) is 4.11. The van der Waals surface area contributed by atoms with Gasteiger partial charge in [0.05, 0.1) is 5.69 Å². The molecule has 1 heterocycles. The summed E-state index contributed by atoms with van der Waals surface area (Å²) < 4.78 is 1.95. The fourth-order valence-electron chi connectivity index (χ4n) is 2.82. The van der Waals surface area contributed by atoms with E-state index in [-0.39, 0.29) is 0 Å². The van der Waals surface area contributed by atoms with Crippen molar-refractivity contribution in [3.05, 3.63) is 41.2 Å². The number of hydrogen-bond donors (Lipinski definition) is 1. The van der Waals surface area contributed by atoms with Gasteiger partial charge in [-0.15, -0.1) is 0 Å². The zero-order valence-corrected chi connectivity index (χ0v) is 13.3. The lowest BCUT2D eigenvalue weighted by atomic mass is 9.96. The van der Waals surface area contributed by atoms with Crippen LogP contribution >= 0.6 is 0 Å². The molecular weight excluding hydrogens is 258 g/mol. The molecule has 0 saturated heterocycles. The van der Waals surface area contributed by atoms with E-state index in [1.807, 2.05) is 11.7 Å².